The lowest BCUT2D eigenvalue weighted by Crippen LogP contribution is -2.21. The zero-order valence-corrected chi connectivity index (χ0v) is 13.3. The van der Waals surface area contributed by atoms with E-state index in [0.717, 1.165) is 28.4 Å². The van der Waals surface area contributed by atoms with Crippen molar-refractivity contribution in [2.75, 3.05) is 19.0 Å². The van der Waals surface area contributed by atoms with Crippen LogP contribution in [0.1, 0.15) is 24.1 Å². The van der Waals surface area contributed by atoms with Gasteiger partial charge < -0.3 is 10.2 Å². The predicted octanol–water partition coefficient (Wildman–Crippen LogP) is 4.40. The quantitative estimate of drug-likeness (QED) is 0.881. The van der Waals surface area contributed by atoms with Crippen molar-refractivity contribution in [1.82, 2.24) is 5.32 Å². The molecule has 1 atom stereocenters. The zero-order chi connectivity index (χ0) is 15.4. The third kappa shape index (κ3) is 3.96. The summed E-state index contributed by atoms with van der Waals surface area (Å²) in [5.41, 5.74) is 3.14. The van der Waals surface area contributed by atoms with E-state index in [1.165, 1.54) is 6.07 Å². The molecule has 2 aromatic carbocycles. The average Bonchev–Trinajstić information content (AvgIpc) is 2.48. The molecule has 0 fully saturated rings. The molecule has 21 heavy (non-hydrogen) atoms. The average molecular weight is 307 g/mol. The molecule has 0 aromatic heterocycles. The van der Waals surface area contributed by atoms with Gasteiger partial charge in [0, 0.05) is 30.3 Å². The highest BCUT2D eigenvalue weighted by atomic mass is 35.5. The molecule has 2 nitrogen and oxygen atoms in total. The standard InChI is InChI=1S/C17H20ClFN2/c1-12(20-2)16-10-15(19)8-9-17(16)21(3)11-13-4-6-14(18)7-5-13/h4-10,12,20H,11H2,1-3H3. The van der Waals surface area contributed by atoms with Gasteiger partial charge in [0.1, 0.15) is 5.82 Å². The van der Waals surface area contributed by atoms with Gasteiger partial charge in [-0.05, 0) is 55.4 Å². The van der Waals surface area contributed by atoms with E-state index in [2.05, 4.69) is 10.2 Å². The second-order valence-electron chi connectivity index (χ2n) is 5.20. The van der Waals surface area contributed by atoms with E-state index in [-0.39, 0.29) is 11.9 Å². The molecule has 0 saturated heterocycles. The Labute approximate surface area is 130 Å². The zero-order valence-electron chi connectivity index (χ0n) is 12.5. The minimum Gasteiger partial charge on any atom is -0.370 e. The Kier molecular flexibility index (Phi) is 5.21. The fourth-order valence-electron chi connectivity index (χ4n) is 2.32. The van der Waals surface area contributed by atoms with E-state index in [9.17, 15) is 4.39 Å². The van der Waals surface area contributed by atoms with E-state index in [1.807, 2.05) is 51.4 Å². The van der Waals surface area contributed by atoms with E-state index in [4.69, 9.17) is 11.6 Å². The minimum atomic E-state index is -0.212. The molecule has 1 unspecified atom stereocenters. The molecule has 2 aromatic rings. The van der Waals surface area contributed by atoms with Gasteiger partial charge in [-0.25, -0.2) is 4.39 Å². The highest BCUT2D eigenvalue weighted by Gasteiger charge is 2.13. The fraction of sp³-hybridized carbons (Fsp3) is 0.294. The molecule has 0 spiro atoms. The molecule has 0 aliphatic heterocycles. The number of anilines is 1. The van der Waals surface area contributed by atoms with Crippen molar-refractivity contribution in [2.45, 2.75) is 19.5 Å². The van der Waals surface area contributed by atoms with Crippen LogP contribution in [-0.2, 0) is 6.54 Å². The topological polar surface area (TPSA) is 15.3 Å². The summed E-state index contributed by atoms with van der Waals surface area (Å²) in [4.78, 5) is 2.12. The molecule has 112 valence electrons. The van der Waals surface area contributed by atoms with Crippen molar-refractivity contribution in [1.29, 1.82) is 0 Å². The van der Waals surface area contributed by atoms with E-state index >= 15 is 0 Å². The van der Waals surface area contributed by atoms with Crippen LogP contribution in [0.4, 0.5) is 10.1 Å². The number of rotatable bonds is 5. The summed E-state index contributed by atoms with van der Waals surface area (Å²) >= 11 is 5.90. The molecule has 1 N–H and O–H groups in total. The first-order chi connectivity index (χ1) is 10.0. The highest BCUT2D eigenvalue weighted by molar-refractivity contribution is 6.30. The lowest BCUT2D eigenvalue weighted by Gasteiger charge is -2.25. The molecular weight excluding hydrogens is 287 g/mol. The van der Waals surface area contributed by atoms with Gasteiger partial charge in [-0.2, -0.15) is 0 Å². The fourth-order valence-corrected chi connectivity index (χ4v) is 2.45. The van der Waals surface area contributed by atoms with Gasteiger partial charge in [0.15, 0.2) is 0 Å². The first kappa shape index (κ1) is 15.8. The second-order valence-corrected chi connectivity index (χ2v) is 5.63. The van der Waals surface area contributed by atoms with Gasteiger partial charge in [-0.15, -0.1) is 0 Å². The summed E-state index contributed by atoms with van der Waals surface area (Å²) in [5.74, 6) is -0.212. The number of benzene rings is 2. The van der Waals surface area contributed by atoms with Crippen LogP contribution in [0.15, 0.2) is 42.5 Å². The first-order valence-corrected chi connectivity index (χ1v) is 7.31. The van der Waals surface area contributed by atoms with Crippen molar-refractivity contribution in [3.8, 4) is 0 Å². The third-order valence-corrected chi connectivity index (χ3v) is 3.89. The van der Waals surface area contributed by atoms with Gasteiger partial charge in [-0.1, -0.05) is 23.7 Å². The molecule has 0 bridgehead atoms. The Hall–Kier alpha value is -1.58. The smallest absolute Gasteiger partial charge is 0.123 e. The number of halogens is 2. The molecule has 2 rings (SSSR count). The van der Waals surface area contributed by atoms with Gasteiger partial charge in [-0.3, -0.25) is 0 Å². The van der Waals surface area contributed by atoms with Crippen molar-refractivity contribution in [3.63, 3.8) is 0 Å². The van der Waals surface area contributed by atoms with Crippen LogP contribution < -0.4 is 10.2 Å². The molecule has 0 amide bonds. The van der Waals surface area contributed by atoms with Crippen LogP contribution in [0, 0.1) is 5.82 Å². The van der Waals surface area contributed by atoms with Gasteiger partial charge >= 0.3 is 0 Å². The van der Waals surface area contributed by atoms with Crippen molar-refractivity contribution >= 4 is 17.3 Å². The van der Waals surface area contributed by atoms with E-state index in [1.54, 1.807) is 6.07 Å². The normalized spacial score (nSPS) is 12.2. The molecular formula is C17H20ClFN2. The largest absolute Gasteiger partial charge is 0.370 e. The Morgan fingerprint density at radius 1 is 1.19 bits per heavy atom. The van der Waals surface area contributed by atoms with Crippen LogP contribution in [0.5, 0.6) is 0 Å². The van der Waals surface area contributed by atoms with Crippen LogP contribution in [-0.4, -0.2) is 14.1 Å². The maximum atomic E-state index is 13.5. The lowest BCUT2D eigenvalue weighted by molar-refractivity contribution is 0.607. The number of nitrogens with one attached hydrogen (secondary N) is 1. The van der Waals surface area contributed by atoms with Gasteiger partial charge in [0.25, 0.3) is 0 Å². The maximum absolute atomic E-state index is 13.5. The Morgan fingerprint density at radius 2 is 1.86 bits per heavy atom. The summed E-state index contributed by atoms with van der Waals surface area (Å²) in [6, 6.07) is 12.8. The SMILES string of the molecule is CNC(C)c1cc(F)ccc1N(C)Cc1ccc(Cl)cc1. The van der Waals surface area contributed by atoms with Crippen LogP contribution in [0.2, 0.25) is 5.02 Å². The number of hydrogen-bond donors (Lipinski definition) is 1. The first-order valence-electron chi connectivity index (χ1n) is 6.93. The summed E-state index contributed by atoms with van der Waals surface area (Å²) in [5, 5.41) is 3.89. The lowest BCUT2D eigenvalue weighted by atomic mass is 10.0. The van der Waals surface area contributed by atoms with E-state index in [0.29, 0.717) is 0 Å². The maximum Gasteiger partial charge on any atom is 0.123 e. The Balaban J connectivity index is 2.26. The van der Waals surface area contributed by atoms with Gasteiger partial charge in [0.05, 0.1) is 0 Å². The van der Waals surface area contributed by atoms with Crippen LogP contribution in [0.3, 0.4) is 0 Å². The third-order valence-electron chi connectivity index (χ3n) is 3.63. The van der Waals surface area contributed by atoms with Crippen molar-refractivity contribution in [2.24, 2.45) is 0 Å². The van der Waals surface area contributed by atoms with Gasteiger partial charge in [0.2, 0.25) is 0 Å². The molecule has 0 aliphatic carbocycles. The summed E-state index contributed by atoms with van der Waals surface area (Å²) in [6.45, 7) is 2.76. The number of nitrogens with zero attached hydrogens (tertiary/aromatic N) is 1. The molecule has 0 radical (unpaired) electrons. The Bertz CT molecular complexity index is 598. The van der Waals surface area contributed by atoms with Crippen LogP contribution >= 0.6 is 11.6 Å². The summed E-state index contributed by atoms with van der Waals surface area (Å²) in [6.07, 6.45) is 0. The molecule has 0 aliphatic rings. The predicted molar refractivity (Wildman–Crippen MR) is 87.4 cm³/mol. The highest BCUT2D eigenvalue weighted by Crippen LogP contribution is 2.27. The van der Waals surface area contributed by atoms with Crippen molar-refractivity contribution < 1.29 is 4.39 Å². The summed E-state index contributed by atoms with van der Waals surface area (Å²) in [7, 11) is 3.88. The van der Waals surface area contributed by atoms with Crippen molar-refractivity contribution in [3.05, 3.63) is 64.4 Å². The minimum absolute atomic E-state index is 0.0865. The van der Waals surface area contributed by atoms with E-state index < -0.39 is 0 Å². The molecule has 0 heterocycles. The second kappa shape index (κ2) is 6.92. The monoisotopic (exact) mass is 306 g/mol. The molecule has 0 saturated carbocycles. The van der Waals surface area contributed by atoms with Crippen LogP contribution in [0.25, 0.3) is 0 Å². The summed E-state index contributed by atoms with van der Waals surface area (Å²) < 4.78 is 13.5. The molecule has 4 heteroatoms. The number of hydrogen-bond acceptors (Lipinski definition) is 2. The Morgan fingerprint density at radius 3 is 2.48 bits per heavy atom.